The maximum absolute atomic E-state index is 13.4. The van der Waals surface area contributed by atoms with E-state index in [-0.39, 0.29) is 33.7 Å². The fraction of sp³-hybridized carbons (Fsp3) is 0.900. The van der Waals surface area contributed by atoms with Gasteiger partial charge in [0.15, 0.2) is 0 Å². The van der Waals surface area contributed by atoms with Crippen LogP contribution in [-0.4, -0.2) is 28.7 Å². The number of rotatable bonds is 1. The Kier molecular flexibility index (Phi) is 5.07. The van der Waals surface area contributed by atoms with Crippen LogP contribution in [0.1, 0.15) is 106 Å². The Morgan fingerprint density at radius 3 is 2.30 bits per heavy atom. The molecule has 5 aliphatic carbocycles. The monoisotopic (exact) mass is 456 g/mol. The number of hydrogen-bond donors (Lipinski definition) is 2. The van der Waals surface area contributed by atoms with Crippen molar-refractivity contribution in [3.8, 4) is 0 Å². The lowest BCUT2D eigenvalue weighted by Gasteiger charge is -2.71. The minimum absolute atomic E-state index is 0.0772. The first-order valence-corrected chi connectivity index (χ1v) is 13.7. The van der Waals surface area contributed by atoms with Gasteiger partial charge in [0.1, 0.15) is 5.78 Å². The maximum Gasteiger partial charge on any atom is 0.139 e. The molecule has 2 N–H and O–H groups in total. The average Bonchev–Trinajstić information content (AvgIpc) is 2.73. The summed E-state index contributed by atoms with van der Waals surface area (Å²) in [5.74, 6) is 1.80. The first kappa shape index (κ1) is 24.0. The Labute approximate surface area is 201 Å². The first-order chi connectivity index (χ1) is 15.2. The van der Waals surface area contributed by atoms with Crippen LogP contribution in [0.2, 0.25) is 0 Å². The first-order valence-electron chi connectivity index (χ1n) is 13.7. The molecule has 0 aromatic heterocycles. The van der Waals surface area contributed by atoms with Gasteiger partial charge in [0.25, 0.3) is 0 Å². The Bertz CT molecular complexity index is 889. The van der Waals surface area contributed by atoms with Gasteiger partial charge in [-0.25, -0.2) is 0 Å². The molecule has 7 unspecified atom stereocenters. The largest absolute Gasteiger partial charge is 0.396 e. The molecule has 0 saturated heterocycles. The van der Waals surface area contributed by atoms with Crippen LogP contribution in [0.15, 0.2) is 11.6 Å². The van der Waals surface area contributed by atoms with Crippen molar-refractivity contribution in [1.29, 1.82) is 0 Å². The molecule has 9 atom stereocenters. The van der Waals surface area contributed by atoms with Gasteiger partial charge in [-0.1, -0.05) is 60.1 Å². The lowest BCUT2D eigenvalue weighted by molar-refractivity contribution is -0.214. The van der Waals surface area contributed by atoms with Crippen LogP contribution in [-0.2, 0) is 4.79 Å². The Morgan fingerprint density at radius 2 is 1.64 bits per heavy atom. The highest BCUT2D eigenvalue weighted by Crippen LogP contribution is 2.75. The van der Waals surface area contributed by atoms with E-state index in [1.807, 2.05) is 0 Å². The number of aliphatic hydroxyl groups is 2. The SMILES string of the molecule is CC1(C)CC(=O)C2(C)CC[C@]3(C)C(=CCC4C5(C)CCC(O)[C@](C)(CO)C5CCC43C)C2C1. The van der Waals surface area contributed by atoms with E-state index in [9.17, 15) is 15.0 Å². The van der Waals surface area contributed by atoms with Gasteiger partial charge in [0, 0.05) is 17.3 Å². The van der Waals surface area contributed by atoms with E-state index in [0.29, 0.717) is 23.5 Å². The van der Waals surface area contributed by atoms with Gasteiger partial charge in [-0.2, -0.15) is 0 Å². The molecule has 0 bridgehead atoms. The molecule has 3 heteroatoms. The number of carbonyl (C=O) groups excluding carboxylic acids is 1. The van der Waals surface area contributed by atoms with E-state index in [4.69, 9.17) is 0 Å². The highest BCUT2D eigenvalue weighted by Gasteiger charge is 2.69. The summed E-state index contributed by atoms with van der Waals surface area (Å²) < 4.78 is 0. The zero-order valence-electron chi connectivity index (χ0n) is 22.3. The van der Waals surface area contributed by atoms with Gasteiger partial charge in [-0.15, -0.1) is 0 Å². The lowest BCUT2D eigenvalue weighted by atomic mass is 9.33. The number of carbonyl (C=O) groups is 1. The van der Waals surface area contributed by atoms with Gasteiger partial charge in [-0.3, -0.25) is 4.79 Å². The van der Waals surface area contributed by atoms with Gasteiger partial charge in [0.2, 0.25) is 0 Å². The van der Waals surface area contributed by atoms with Crippen LogP contribution in [0, 0.1) is 50.2 Å². The van der Waals surface area contributed by atoms with Gasteiger partial charge < -0.3 is 10.2 Å². The zero-order valence-corrected chi connectivity index (χ0v) is 22.3. The molecule has 5 aliphatic rings. The summed E-state index contributed by atoms with van der Waals surface area (Å²) >= 11 is 0. The molecule has 0 amide bonds. The highest BCUT2D eigenvalue weighted by atomic mass is 16.3. The van der Waals surface area contributed by atoms with Crippen LogP contribution < -0.4 is 0 Å². The van der Waals surface area contributed by atoms with Gasteiger partial charge in [-0.05, 0) is 90.8 Å². The normalized spacial score (nSPS) is 55.5. The summed E-state index contributed by atoms with van der Waals surface area (Å²) in [4.78, 5) is 13.4. The van der Waals surface area contributed by atoms with Crippen LogP contribution >= 0.6 is 0 Å². The number of allylic oxidation sites excluding steroid dienone is 2. The second kappa shape index (κ2) is 6.96. The molecule has 0 spiro atoms. The zero-order chi connectivity index (χ0) is 24.2. The highest BCUT2D eigenvalue weighted by molar-refractivity contribution is 5.87. The fourth-order valence-electron chi connectivity index (χ4n) is 10.5. The second-order valence-corrected chi connectivity index (χ2v) is 15.0. The van der Waals surface area contributed by atoms with Crippen molar-refractivity contribution >= 4 is 5.78 Å². The van der Waals surface area contributed by atoms with E-state index >= 15 is 0 Å². The summed E-state index contributed by atoms with van der Waals surface area (Å²) in [6.45, 7) is 16.7. The molecule has 5 rings (SSSR count). The predicted molar refractivity (Wildman–Crippen MR) is 133 cm³/mol. The summed E-state index contributed by atoms with van der Waals surface area (Å²) in [6.07, 6.45) is 11.4. The van der Waals surface area contributed by atoms with Crippen molar-refractivity contribution in [2.24, 2.45) is 50.2 Å². The Hall–Kier alpha value is -0.670. The van der Waals surface area contributed by atoms with Crippen molar-refractivity contribution in [3.05, 3.63) is 11.6 Å². The maximum atomic E-state index is 13.4. The number of Topliss-reactive ketones (excluding diaryl/α,β-unsaturated/α-hetero) is 1. The molecule has 4 fully saturated rings. The van der Waals surface area contributed by atoms with E-state index in [0.717, 1.165) is 57.8 Å². The number of fused-ring (bicyclic) bond motifs is 7. The smallest absolute Gasteiger partial charge is 0.139 e. The Morgan fingerprint density at radius 1 is 0.939 bits per heavy atom. The van der Waals surface area contributed by atoms with E-state index in [1.165, 1.54) is 0 Å². The average molecular weight is 457 g/mol. The van der Waals surface area contributed by atoms with Crippen LogP contribution in [0.4, 0.5) is 0 Å². The van der Waals surface area contributed by atoms with Crippen LogP contribution in [0.3, 0.4) is 0 Å². The summed E-state index contributed by atoms with van der Waals surface area (Å²) in [6, 6.07) is 0. The third-order valence-corrected chi connectivity index (χ3v) is 13.0. The van der Waals surface area contributed by atoms with Crippen molar-refractivity contribution in [3.63, 3.8) is 0 Å². The quantitative estimate of drug-likeness (QED) is 0.454. The molecule has 3 nitrogen and oxygen atoms in total. The van der Waals surface area contributed by atoms with E-state index < -0.39 is 11.5 Å². The predicted octanol–water partition coefficient (Wildman–Crippen LogP) is 6.32. The lowest BCUT2D eigenvalue weighted by Crippen LogP contribution is -2.65. The molecule has 0 heterocycles. The van der Waals surface area contributed by atoms with Gasteiger partial charge in [0.05, 0.1) is 12.7 Å². The Balaban J connectivity index is 1.59. The van der Waals surface area contributed by atoms with Crippen molar-refractivity contribution < 1.29 is 15.0 Å². The van der Waals surface area contributed by atoms with E-state index in [1.54, 1.807) is 5.57 Å². The minimum atomic E-state index is -0.402. The van der Waals surface area contributed by atoms with Crippen molar-refractivity contribution in [2.45, 2.75) is 112 Å². The minimum Gasteiger partial charge on any atom is -0.396 e. The summed E-state index contributed by atoms with van der Waals surface area (Å²) in [5, 5.41) is 21.3. The number of ketones is 1. The third-order valence-electron chi connectivity index (χ3n) is 13.0. The molecule has 0 aromatic carbocycles. The number of hydrogen-bond acceptors (Lipinski definition) is 3. The number of aliphatic hydroxyl groups excluding tert-OH is 2. The molecule has 0 radical (unpaired) electrons. The van der Waals surface area contributed by atoms with Gasteiger partial charge >= 0.3 is 0 Å². The summed E-state index contributed by atoms with van der Waals surface area (Å²) in [7, 11) is 0. The summed E-state index contributed by atoms with van der Waals surface area (Å²) in [5.41, 5.74) is 1.58. The van der Waals surface area contributed by atoms with Crippen molar-refractivity contribution in [2.75, 3.05) is 6.61 Å². The van der Waals surface area contributed by atoms with Crippen molar-refractivity contribution in [1.82, 2.24) is 0 Å². The molecular weight excluding hydrogens is 408 g/mol. The molecule has 4 saturated carbocycles. The van der Waals surface area contributed by atoms with Crippen LogP contribution in [0.5, 0.6) is 0 Å². The third kappa shape index (κ3) is 2.85. The standard InChI is InChI=1S/C30H48O3/c1-25(2)16-20-19-8-9-22-27(4)12-11-23(32)28(5,18-31)21(27)10-13-30(22,7)29(19,6)15-14-26(20,3)24(33)17-25/h8,20-23,31-32H,9-18H2,1-7H3/t20?,21?,22?,23?,26?,27?,28-,29-,30?/m1/s1. The molecule has 0 aliphatic heterocycles. The fourth-order valence-corrected chi connectivity index (χ4v) is 10.5. The molecule has 33 heavy (non-hydrogen) atoms. The topological polar surface area (TPSA) is 57.5 Å². The van der Waals surface area contributed by atoms with Crippen LogP contribution in [0.25, 0.3) is 0 Å². The molecule has 0 aromatic rings. The second-order valence-electron chi connectivity index (χ2n) is 15.0. The molecule has 186 valence electrons. The van der Waals surface area contributed by atoms with E-state index in [2.05, 4.69) is 54.5 Å². The molecular formula is C30H48O3.